The number of thiophene rings is 1. The summed E-state index contributed by atoms with van der Waals surface area (Å²) in [6.07, 6.45) is 0. The van der Waals surface area contributed by atoms with Gasteiger partial charge in [-0.3, -0.25) is 24.3 Å². The molecule has 0 spiro atoms. The van der Waals surface area contributed by atoms with E-state index in [-0.39, 0.29) is 29.2 Å². The van der Waals surface area contributed by atoms with Crippen molar-refractivity contribution in [3.63, 3.8) is 0 Å². The molecule has 2 aromatic heterocycles. The second-order valence-corrected chi connectivity index (χ2v) is 9.62. The second-order valence-electron chi connectivity index (χ2n) is 8.62. The topological polar surface area (TPSA) is 107 Å². The Balaban J connectivity index is 2.15. The van der Waals surface area contributed by atoms with E-state index in [9.17, 15) is 24.5 Å². The highest BCUT2D eigenvalue weighted by Crippen LogP contribution is 2.30. The summed E-state index contributed by atoms with van der Waals surface area (Å²) in [5.41, 5.74) is 1.40. The van der Waals surface area contributed by atoms with Crippen molar-refractivity contribution in [1.29, 1.82) is 0 Å². The molecule has 10 heteroatoms. The SMILES string of the molecule is Cc1ccc(C)c(Cn2c(=O)n(-c3ccccc3[N+](=O)[O-])c(=O)c3c(C)c(C(=O)N(C)C)sc32)c1. The first-order chi connectivity index (χ1) is 16.5. The van der Waals surface area contributed by atoms with Crippen LogP contribution in [0.25, 0.3) is 15.9 Å². The molecule has 2 heterocycles. The van der Waals surface area contributed by atoms with Crippen molar-refractivity contribution >= 4 is 33.1 Å². The van der Waals surface area contributed by atoms with E-state index in [1.807, 2.05) is 32.0 Å². The van der Waals surface area contributed by atoms with Gasteiger partial charge < -0.3 is 4.90 Å². The van der Waals surface area contributed by atoms with Gasteiger partial charge in [-0.1, -0.05) is 35.9 Å². The molecular formula is C25H24N4O5S. The summed E-state index contributed by atoms with van der Waals surface area (Å²) in [6.45, 7) is 5.67. The van der Waals surface area contributed by atoms with Crippen molar-refractivity contribution < 1.29 is 9.72 Å². The third kappa shape index (κ3) is 4.06. The quantitative estimate of drug-likeness (QED) is 0.311. The molecule has 0 atom stereocenters. The van der Waals surface area contributed by atoms with Gasteiger partial charge in [0.2, 0.25) is 0 Å². The maximum Gasteiger partial charge on any atom is 0.337 e. The first-order valence-electron chi connectivity index (χ1n) is 10.8. The molecule has 180 valence electrons. The van der Waals surface area contributed by atoms with Gasteiger partial charge in [-0.15, -0.1) is 11.3 Å². The molecule has 35 heavy (non-hydrogen) atoms. The van der Waals surface area contributed by atoms with E-state index < -0.39 is 16.2 Å². The Kier molecular flexibility index (Phi) is 6.16. The number of carbonyl (C=O) groups excluding carboxylic acids is 1. The Labute approximate surface area is 204 Å². The van der Waals surface area contributed by atoms with Crippen LogP contribution in [0.15, 0.2) is 52.1 Å². The number of benzene rings is 2. The smallest absolute Gasteiger partial charge is 0.337 e. The lowest BCUT2D eigenvalue weighted by atomic mass is 10.1. The second kappa shape index (κ2) is 8.95. The van der Waals surface area contributed by atoms with Crippen molar-refractivity contribution in [3.8, 4) is 5.69 Å². The number of nitro groups is 1. The van der Waals surface area contributed by atoms with Crippen LogP contribution in [0, 0.1) is 30.9 Å². The Morgan fingerprint density at radius 3 is 2.43 bits per heavy atom. The average Bonchev–Trinajstić information content (AvgIpc) is 3.15. The largest absolute Gasteiger partial charge is 0.344 e. The summed E-state index contributed by atoms with van der Waals surface area (Å²) in [6, 6.07) is 11.5. The van der Waals surface area contributed by atoms with Gasteiger partial charge >= 0.3 is 5.69 Å². The fourth-order valence-corrected chi connectivity index (χ4v) is 5.37. The first kappa shape index (κ1) is 24.1. The lowest BCUT2D eigenvalue weighted by Gasteiger charge is -2.14. The number of amides is 1. The summed E-state index contributed by atoms with van der Waals surface area (Å²) in [5.74, 6) is -0.286. The van der Waals surface area contributed by atoms with Crippen LogP contribution < -0.4 is 11.2 Å². The number of aryl methyl sites for hydroxylation is 3. The van der Waals surface area contributed by atoms with Crippen LogP contribution in [0.2, 0.25) is 0 Å². The van der Waals surface area contributed by atoms with Crippen LogP contribution in [0.3, 0.4) is 0 Å². The highest BCUT2D eigenvalue weighted by atomic mass is 32.1. The predicted octanol–water partition coefficient (Wildman–Crippen LogP) is 3.80. The Morgan fingerprint density at radius 2 is 1.77 bits per heavy atom. The number of hydrogen-bond donors (Lipinski definition) is 0. The molecule has 0 saturated carbocycles. The van der Waals surface area contributed by atoms with E-state index in [0.717, 1.165) is 32.6 Å². The van der Waals surface area contributed by atoms with Gasteiger partial charge in [0.1, 0.15) is 10.5 Å². The third-order valence-electron chi connectivity index (χ3n) is 5.97. The molecule has 0 N–H and O–H groups in total. The van der Waals surface area contributed by atoms with Crippen molar-refractivity contribution in [2.75, 3.05) is 14.1 Å². The van der Waals surface area contributed by atoms with Gasteiger partial charge in [0.05, 0.1) is 21.7 Å². The van der Waals surface area contributed by atoms with Gasteiger partial charge in [0.15, 0.2) is 0 Å². The van der Waals surface area contributed by atoms with Gasteiger partial charge in [0.25, 0.3) is 17.2 Å². The fraction of sp³-hybridized carbons (Fsp3) is 0.240. The molecular weight excluding hydrogens is 468 g/mol. The molecule has 0 unspecified atom stereocenters. The van der Waals surface area contributed by atoms with E-state index in [2.05, 4.69) is 0 Å². The average molecular weight is 493 g/mol. The van der Waals surface area contributed by atoms with Crippen molar-refractivity contribution in [3.05, 3.63) is 101 Å². The maximum atomic E-state index is 13.8. The highest BCUT2D eigenvalue weighted by Gasteiger charge is 2.27. The van der Waals surface area contributed by atoms with Gasteiger partial charge in [-0.2, -0.15) is 0 Å². The summed E-state index contributed by atoms with van der Waals surface area (Å²) < 4.78 is 2.27. The normalized spacial score (nSPS) is 11.1. The minimum absolute atomic E-state index is 0.116. The zero-order valence-electron chi connectivity index (χ0n) is 20.0. The first-order valence-corrected chi connectivity index (χ1v) is 11.6. The number of para-hydroxylation sites is 2. The van der Waals surface area contributed by atoms with E-state index in [1.165, 1.54) is 33.7 Å². The lowest BCUT2D eigenvalue weighted by Crippen LogP contribution is -2.39. The summed E-state index contributed by atoms with van der Waals surface area (Å²) >= 11 is 1.08. The number of aromatic nitrogens is 2. The Morgan fingerprint density at radius 1 is 1.09 bits per heavy atom. The molecule has 1 amide bonds. The number of nitrogens with zero attached hydrogens (tertiary/aromatic N) is 4. The molecule has 0 radical (unpaired) electrons. The molecule has 0 aliphatic rings. The third-order valence-corrected chi connectivity index (χ3v) is 7.27. The van der Waals surface area contributed by atoms with Crippen LogP contribution in [-0.4, -0.2) is 39.0 Å². The highest BCUT2D eigenvalue weighted by molar-refractivity contribution is 7.20. The van der Waals surface area contributed by atoms with Crippen molar-refractivity contribution in [1.82, 2.24) is 14.0 Å². The minimum atomic E-state index is -0.706. The van der Waals surface area contributed by atoms with Crippen LogP contribution in [0.1, 0.15) is 31.9 Å². The lowest BCUT2D eigenvalue weighted by molar-refractivity contribution is -0.384. The van der Waals surface area contributed by atoms with E-state index >= 15 is 0 Å². The molecule has 0 fully saturated rings. The molecule has 0 aliphatic heterocycles. The van der Waals surface area contributed by atoms with Gasteiger partial charge in [-0.05, 0) is 43.5 Å². The predicted molar refractivity (Wildman–Crippen MR) is 136 cm³/mol. The number of nitro benzene ring substituents is 1. The number of carbonyl (C=O) groups is 1. The molecule has 0 bridgehead atoms. The zero-order chi connectivity index (χ0) is 25.6. The Bertz CT molecular complexity index is 1630. The van der Waals surface area contributed by atoms with Crippen LogP contribution in [0.5, 0.6) is 0 Å². The fourth-order valence-electron chi connectivity index (χ4n) is 4.05. The van der Waals surface area contributed by atoms with E-state index in [1.54, 1.807) is 21.0 Å². The van der Waals surface area contributed by atoms with Crippen molar-refractivity contribution in [2.24, 2.45) is 0 Å². The molecule has 2 aromatic carbocycles. The monoisotopic (exact) mass is 492 g/mol. The number of rotatable bonds is 5. The summed E-state index contributed by atoms with van der Waals surface area (Å²) in [5, 5.41) is 11.9. The van der Waals surface area contributed by atoms with Gasteiger partial charge in [0, 0.05) is 20.2 Å². The molecule has 4 aromatic rings. The molecule has 0 aliphatic carbocycles. The van der Waals surface area contributed by atoms with Crippen molar-refractivity contribution in [2.45, 2.75) is 27.3 Å². The molecule has 4 rings (SSSR count). The summed E-state index contributed by atoms with van der Waals surface area (Å²) in [4.78, 5) is 53.5. The molecule has 0 saturated heterocycles. The maximum absolute atomic E-state index is 13.8. The Hall–Kier alpha value is -4.05. The van der Waals surface area contributed by atoms with Crippen LogP contribution in [0.4, 0.5) is 5.69 Å². The molecule has 9 nitrogen and oxygen atoms in total. The number of hydrogen-bond acceptors (Lipinski definition) is 6. The van der Waals surface area contributed by atoms with E-state index in [4.69, 9.17) is 0 Å². The minimum Gasteiger partial charge on any atom is -0.344 e. The van der Waals surface area contributed by atoms with Gasteiger partial charge in [-0.25, -0.2) is 9.36 Å². The standard InChI is InChI=1S/C25H24N4O5S/c1-14-10-11-15(2)17(12-14)13-27-24-20(16(3)21(35-24)23(31)26(4)5)22(30)28(25(27)32)18-8-6-7-9-19(18)29(33)34/h6-12H,13H2,1-5H3. The van der Waals surface area contributed by atoms with Crippen LogP contribution in [-0.2, 0) is 6.54 Å². The number of fused-ring (bicyclic) bond motifs is 1. The van der Waals surface area contributed by atoms with E-state index in [0.29, 0.717) is 15.3 Å². The zero-order valence-corrected chi connectivity index (χ0v) is 20.8. The van der Waals surface area contributed by atoms with Crippen LogP contribution >= 0.6 is 11.3 Å². The summed E-state index contributed by atoms with van der Waals surface area (Å²) in [7, 11) is 3.22.